The monoisotopic (exact) mass is 446 g/mol. The number of thiophene rings is 1. The van der Waals surface area contributed by atoms with Gasteiger partial charge in [-0.1, -0.05) is 18.0 Å². The van der Waals surface area contributed by atoms with Crippen molar-refractivity contribution < 1.29 is 23.8 Å². The van der Waals surface area contributed by atoms with Crippen molar-refractivity contribution in [2.24, 2.45) is 0 Å². The molecule has 2 aliphatic rings. The largest absolute Gasteiger partial charge is 0.486 e. The maximum Gasteiger partial charge on any atom is 0.338 e. The third kappa shape index (κ3) is 4.23. The number of rotatable bonds is 4. The predicted molar refractivity (Wildman–Crippen MR) is 112 cm³/mol. The first-order valence-electron chi connectivity index (χ1n) is 9.67. The quantitative estimate of drug-likeness (QED) is 0.560. The minimum atomic E-state index is -0.702. The molecule has 1 aromatic carbocycles. The molecule has 1 N–H and O–H groups in total. The van der Waals surface area contributed by atoms with Crippen molar-refractivity contribution >= 4 is 39.8 Å². The zero-order valence-corrected chi connectivity index (χ0v) is 17.7. The summed E-state index contributed by atoms with van der Waals surface area (Å²) in [5.74, 6) is -0.450. The molecule has 0 saturated carbocycles. The van der Waals surface area contributed by atoms with Gasteiger partial charge in [0.15, 0.2) is 18.1 Å². The van der Waals surface area contributed by atoms with E-state index in [2.05, 4.69) is 11.4 Å². The Kier molecular flexibility index (Phi) is 6.11. The molecule has 1 amide bonds. The maximum absolute atomic E-state index is 12.4. The molecule has 156 valence electrons. The lowest BCUT2D eigenvalue weighted by Gasteiger charge is -2.19. The zero-order chi connectivity index (χ0) is 21.1. The first-order chi connectivity index (χ1) is 14.6. The molecule has 0 spiro atoms. The van der Waals surface area contributed by atoms with E-state index in [-0.39, 0.29) is 10.6 Å². The second kappa shape index (κ2) is 8.94. The van der Waals surface area contributed by atoms with Gasteiger partial charge in [-0.05, 0) is 43.4 Å². The van der Waals surface area contributed by atoms with Crippen LogP contribution in [0.5, 0.6) is 11.5 Å². The van der Waals surface area contributed by atoms with Crippen molar-refractivity contribution in [2.75, 3.05) is 25.1 Å². The van der Waals surface area contributed by atoms with Crippen LogP contribution in [0.3, 0.4) is 0 Å². The van der Waals surface area contributed by atoms with E-state index in [1.54, 1.807) is 0 Å². The highest BCUT2D eigenvalue weighted by Crippen LogP contribution is 2.39. The normalized spacial score (nSPS) is 14.8. The molecule has 2 aromatic rings. The predicted octanol–water partition coefficient (Wildman–Crippen LogP) is 4.11. The SMILES string of the molecule is N#Cc1c(NC(=O)COC(=O)c2cc(Cl)c3c(c2)OCCO3)sc2c1CCCCC2. The molecule has 0 fully saturated rings. The number of hydrogen-bond acceptors (Lipinski definition) is 7. The lowest BCUT2D eigenvalue weighted by atomic mass is 10.1. The van der Waals surface area contributed by atoms with Gasteiger partial charge >= 0.3 is 5.97 Å². The van der Waals surface area contributed by atoms with Gasteiger partial charge in [-0.25, -0.2) is 4.79 Å². The first-order valence-corrected chi connectivity index (χ1v) is 10.9. The molecule has 30 heavy (non-hydrogen) atoms. The molecule has 0 unspecified atom stereocenters. The number of halogens is 1. The van der Waals surface area contributed by atoms with E-state index in [1.165, 1.54) is 23.5 Å². The Morgan fingerprint density at radius 1 is 1.20 bits per heavy atom. The van der Waals surface area contributed by atoms with Crippen LogP contribution in [-0.2, 0) is 22.4 Å². The number of nitrogens with zero attached hydrogens (tertiary/aromatic N) is 1. The molecular formula is C21H19ClN2O5S. The summed E-state index contributed by atoms with van der Waals surface area (Å²) in [6.07, 6.45) is 5.05. The molecule has 0 radical (unpaired) electrons. The van der Waals surface area contributed by atoms with Gasteiger partial charge in [0.1, 0.15) is 24.3 Å². The molecule has 1 aliphatic heterocycles. The summed E-state index contributed by atoms with van der Waals surface area (Å²) < 4.78 is 16.0. The summed E-state index contributed by atoms with van der Waals surface area (Å²) in [5, 5.41) is 13.0. The van der Waals surface area contributed by atoms with E-state index in [0.29, 0.717) is 35.3 Å². The fraction of sp³-hybridized carbons (Fsp3) is 0.381. The van der Waals surface area contributed by atoms with Gasteiger partial charge in [-0.15, -0.1) is 11.3 Å². The Balaban J connectivity index is 1.40. The summed E-state index contributed by atoms with van der Waals surface area (Å²) in [6.45, 7) is 0.266. The number of fused-ring (bicyclic) bond motifs is 2. The van der Waals surface area contributed by atoms with Gasteiger partial charge in [-0.2, -0.15) is 5.26 Å². The van der Waals surface area contributed by atoms with Crippen molar-refractivity contribution in [3.63, 3.8) is 0 Å². The minimum absolute atomic E-state index is 0.164. The summed E-state index contributed by atoms with van der Waals surface area (Å²) in [4.78, 5) is 25.8. The number of esters is 1. The van der Waals surface area contributed by atoms with Gasteiger partial charge in [-0.3, -0.25) is 4.79 Å². The number of carbonyl (C=O) groups is 2. The van der Waals surface area contributed by atoms with Crippen LogP contribution in [0.15, 0.2) is 12.1 Å². The Morgan fingerprint density at radius 3 is 2.83 bits per heavy atom. The van der Waals surface area contributed by atoms with E-state index in [9.17, 15) is 14.9 Å². The highest BCUT2D eigenvalue weighted by molar-refractivity contribution is 7.16. The van der Waals surface area contributed by atoms with Gasteiger partial charge in [0.25, 0.3) is 5.91 Å². The summed E-state index contributed by atoms with van der Waals surface area (Å²) in [7, 11) is 0. The topological polar surface area (TPSA) is 97.7 Å². The van der Waals surface area contributed by atoms with Gasteiger partial charge < -0.3 is 19.5 Å². The molecule has 0 saturated heterocycles. The molecule has 4 rings (SSSR count). The Bertz CT molecular complexity index is 1040. The number of nitrogens with one attached hydrogen (secondary N) is 1. The molecule has 1 aromatic heterocycles. The third-order valence-electron chi connectivity index (χ3n) is 4.95. The minimum Gasteiger partial charge on any atom is -0.486 e. The van der Waals surface area contributed by atoms with Gasteiger partial charge in [0.05, 0.1) is 16.1 Å². The number of anilines is 1. The average molecular weight is 447 g/mol. The molecule has 0 bridgehead atoms. The van der Waals surface area contributed by atoms with Crippen molar-refractivity contribution in [1.29, 1.82) is 5.26 Å². The number of amides is 1. The van der Waals surface area contributed by atoms with E-state index < -0.39 is 18.5 Å². The van der Waals surface area contributed by atoms with Crippen LogP contribution in [0.1, 0.15) is 45.6 Å². The molecule has 1 aliphatic carbocycles. The molecule has 0 atom stereocenters. The van der Waals surface area contributed by atoms with Gasteiger partial charge in [0.2, 0.25) is 0 Å². The number of benzene rings is 1. The van der Waals surface area contributed by atoms with Crippen molar-refractivity contribution in [2.45, 2.75) is 32.1 Å². The first kappa shape index (κ1) is 20.5. The molecular weight excluding hydrogens is 428 g/mol. The van der Waals surface area contributed by atoms with Crippen LogP contribution in [0.2, 0.25) is 5.02 Å². The summed E-state index contributed by atoms with van der Waals surface area (Å²) in [5.41, 5.74) is 1.73. The second-order valence-electron chi connectivity index (χ2n) is 6.99. The smallest absolute Gasteiger partial charge is 0.338 e. The van der Waals surface area contributed by atoms with E-state index in [1.807, 2.05) is 0 Å². The molecule has 2 heterocycles. The number of carbonyl (C=O) groups excluding carboxylic acids is 2. The van der Waals surface area contributed by atoms with Crippen molar-refractivity contribution in [3.8, 4) is 17.6 Å². The van der Waals surface area contributed by atoms with Crippen LogP contribution in [0.25, 0.3) is 0 Å². The van der Waals surface area contributed by atoms with Gasteiger partial charge in [0, 0.05) is 4.88 Å². The number of hydrogen-bond donors (Lipinski definition) is 1. The summed E-state index contributed by atoms with van der Waals surface area (Å²) in [6, 6.07) is 5.10. The second-order valence-corrected chi connectivity index (χ2v) is 8.50. The lowest BCUT2D eigenvalue weighted by Crippen LogP contribution is -2.21. The molecule has 9 heteroatoms. The van der Waals surface area contributed by atoms with E-state index >= 15 is 0 Å². The summed E-state index contributed by atoms with van der Waals surface area (Å²) >= 11 is 7.57. The molecule has 7 nitrogen and oxygen atoms in total. The fourth-order valence-electron chi connectivity index (χ4n) is 3.55. The van der Waals surface area contributed by atoms with Crippen molar-refractivity contribution in [3.05, 3.63) is 38.7 Å². The average Bonchev–Trinajstić information content (AvgIpc) is 2.90. The fourth-order valence-corrected chi connectivity index (χ4v) is 5.08. The third-order valence-corrected chi connectivity index (χ3v) is 6.44. The number of aryl methyl sites for hydroxylation is 1. The van der Waals surface area contributed by atoms with Crippen LogP contribution in [0, 0.1) is 11.3 Å². The Morgan fingerprint density at radius 2 is 2.00 bits per heavy atom. The highest BCUT2D eigenvalue weighted by atomic mass is 35.5. The lowest BCUT2D eigenvalue weighted by molar-refractivity contribution is -0.119. The number of nitriles is 1. The van der Waals surface area contributed by atoms with Crippen LogP contribution < -0.4 is 14.8 Å². The van der Waals surface area contributed by atoms with Crippen LogP contribution in [-0.4, -0.2) is 31.7 Å². The Hall–Kier alpha value is -2.76. The maximum atomic E-state index is 12.4. The Labute approximate surface area is 182 Å². The van der Waals surface area contributed by atoms with E-state index in [4.69, 9.17) is 25.8 Å². The van der Waals surface area contributed by atoms with E-state index in [0.717, 1.165) is 42.5 Å². The number of ether oxygens (including phenoxy) is 3. The standard InChI is InChI=1S/C21H19ClN2O5S/c22-15-8-12(9-16-19(15)28-7-6-27-16)21(26)29-11-18(25)24-20-14(10-23)13-4-2-1-3-5-17(13)30-20/h8-9H,1-7,11H2,(H,24,25). The van der Waals surface area contributed by atoms with Crippen molar-refractivity contribution in [1.82, 2.24) is 0 Å². The zero-order valence-electron chi connectivity index (χ0n) is 16.1. The van der Waals surface area contributed by atoms with Crippen LogP contribution in [0.4, 0.5) is 5.00 Å². The van der Waals surface area contributed by atoms with Crippen LogP contribution >= 0.6 is 22.9 Å². The highest BCUT2D eigenvalue weighted by Gasteiger charge is 2.23.